The van der Waals surface area contributed by atoms with E-state index in [0.29, 0.717) is 6.54 Å². The van der Waals surface area contributed by atoms with Crippen molar-refractivity contribution in [3.63, 3.8) is 0 Å². The molecule has 20 heavy (non-hydrogen) atoms. The largest absolute Gasteiger partial charge is 0.481 e. The third-order valence-electron chi connectivity index (χ3n) is 3.32. The van der Waals surface area contributed by atoms with E-state index in [2.05, 4.69) is 5.32 Å². The molecule has 1 heterocycles. The Kier molecular flexibility index (Phi) is 4.02. The van der Waals surface area contributed by atoms with E-state index >= 15 is 0 Å². The second-order valence-corrected chi connectivity index (χ2v) is 4.79. The van der Waals surface area contributed by atoms with Crippen LogP contribution in [0.5, 0.6) is 0 Å². The van der Waals surface area contributed by atoms with Crippen molar-refractivity contribution in [2.45, 2.75) is 32.0 Å². The summed E-state index contributed by atoms with van der Waals surface area (Å²) in [5, 5.41) is 11.2. The monoisotopic (exact) mass is 276 g/mol. The van der Waals surface area contributed by atoms with Crippen molar-refractivity contribution in [1.29, 1.82) is 0 Å². The standard InChI is InChI=1S/C14H16N2O4/c1-9-13(19)15-11(7-12(17)18)14(20)16(9)8-10-5-3-2-4-6-10/h2-6,9,11H,7-8H2,1H3,(H,15,19)(H,17,18)/t9-,11+/m0/s1. The molecule has 2 rings (SSSR count). The Morgan fingerprint density at radius 3 is 2.55 bits per heavy atom. The molecular weight excluding hydrogens is 260 g/mol. The predicted octanol–water partition coefficient (Wildman–Crippen LogP) is 0.377. The lowest BCUT2D eigenvalue weighted by Gasteiger charge is -2.37. The first-order chi connectivity index (χ1) is 9.49. The van der Waals surface area contributed by atoms with Crippen LogP contribution in [0.1, 0.15) is 18.9 Å². The molecule has 1 saturated heterocycles. The summed E-state index contributed by atoms with van der Waals surface area (Å²) in [5.74, 6) is -1.80. The van der Waals surface area contributed by atoms with Crippen molar-refractivity contribution < 1.29 is 19.5 Å². The highest BCUT2D eigenvalue weighted by Gasteiger charge is 2.38. The van der Waals surface area contributed by atoms with Gasteiger partial charge in [-0.2, -0.15) is 0 Å². The molecule has 1 aromatic rings. The summed E-state index contributed by atoms with van der Waals surface area (Å²) in [4.78, 5) is 36.3. The minimum atomic E-state index is -1.11. The number of hydrogen-bond donors (Lipinski definition) is 2. The molecule has 1 fully saturated rings. The smallest absolute Gasteiger partial charge is 0.305 e. The Balaban J connectivity index is 2.18. The SMILES string of the molecule is C[C@H]1C(=O)N[C@H](CC(=O)O)C(=O)N1Cc1ccccc1. The first kappa shape index (κ1) is 14.0. The van der Waals surface area contributed by atoms with Gasteiger partial charge in [0.25, 0.3) is 0 Å². The van der Waals surface area contributed by atoms with Crippen molar-refractivity contribution in [2.75, 3.05) is 0 Å². The molecule has 0 aliphatic carbocycles. The molecule has 0 saturated carbocycles. The molecule has 6 heteroatoms. The summed E-state index contributed by atoms with van der Waals surface area (Å²) in [6.45, 7) is 1.93. The van der Waals surface area contributed by atoms with Crippen molar-refractivity contribution in [2.24, 2.45) is 0 Å². The van der Waals surface area contributed by atoms with Gasteiger partial charge in [-0.3, -0.25) is 14.4 Å². The van der Waals surface area contributed by atoms with Crippen molar-refractivity contribution >= 4 is 17.8 Å². The third-order valence-corrected chi connectivity index (χ3v) is 3.32. The Hall–Kier alpha value is -2.37. The third kappa shape index (κ3) is 2.96. The van der Waals surface area contributed by atoms with Gasteiger partial charge in [0.2, 0.25) is 11.8 Å². The van der Waals surface area contributed by atoms with E-state index in [1.807, 2.05) is 30.3 Å². The van der Waals surface area contributed by atoms with Crippen LogP contribution in [0.4, 0.5) is 0 Å². The van der Waals surface area contributed by atoms with E-state index in [-0.39, 0.29) is 11.8 Å². The number of piperazine rings is 1. The van der Waals surface area contributed by atoms with Crippen molar-refractivity contribution in [3.8, 4) is 0 Å². The maximum absolute atomic E-state index is 12.3. The number of hydrogen-bond acceptors (Lipinski definition) is 3. The van der Waals surface area contributed by atoms with Crippen LogP contribution in [0.15, 0.2) is 30.3 Å². The van der Waals surface area contributed by atoms with Gasteiger partial charge in [-0.15, -0.1) is 0 Å². The molecule has 0 spiro atoms. The maximum atomic E-state index is 12.3. The number of benzene rings is 1. The van der Waals surface area contributed by atoms with Crippen molar-refractivity contribution in [1.82, 2.24) is 10.2 Å². The number of carbonyl (C=O) groups excluding carboxylic acids is 2. The zero-order valence-electron chi connectivity index (χ0n) is 11.1. The minimum Gasteiger partial charge on any atom is -0.481 e. The van der Waals surface area contributed by atoms with Crippen LogP contribution in [0.2, 0.25) is 0 Å². The molecule has 0 bridgehead atoms. The number of rotatable bonds is 4. The summed E-state index contributed by atoms with van der Waals surface area (Å²) >= 11 is 0. The molecule has 106 valence electrons. The van der Waals surface area contributed by atoms with Gasteiger partial charge < -0.3 is 15.3 Å². The summed E-state index contributed by atoms with van der Waals surface area (Å²) in [5.41, 5.74) is 0.900. The predicted molar refractivity (Wildman–Crippen MR) is 70.6 cm³/mol. The first-order valence-electron chi connectivity index (χ1n) is 6.35. The summed E-state index contributed by atoms with van der Waals surface area (Å²) in [6, 6.07) is 7.70. The number of carboxylic acids is 1. The average molecular weight is 276 g/mol. The van der Waals surface area contributed by atoms with Gasteiger partial charge in [-0.05, 0) is 12.5 Å². The second-order valence-electron chi connectivity index (χ2n) is 4.79. The zero-order valence-corrected chi connectivity index (χ0v) is 11.1. The van der Waals surface area contributed by atoms with E-state index in [1.54, 1.807) is 6.92 Å². The number of carbonyl (C=O) groups is 3. The molecule has 2 atom stereocenters. The number of nitrogens with one attached hydrogen (secondary N) is 1. The lowest BCUT2D eigenvalue weighted by atomic mass is 10.0. The van der Waals surface area contributed by atoms with Crippen LogP contribution in [-0.2, 0) is 20.9 Å². The van der Waals surface area contributed by atoms with E-state index in [4.69, 9.17) is 5.11 Å². The van der Waals surface area contributed by atoms with Gasteiger partial charge in [0, 0.05) is 6.54 Å². The van der Waals surface area contributed by atoms with Gasteiger partial charge in [-0.25, -0.2) is 0 Å². The molecule has 0 unspecified atom stereocenters. The minimum absolute atomic E-state index is 0.296. The molecule has 6 nitrogen and oxygen atoms in total. The molecular formula is C14H16N2O4. The highest BCUT2D eigenvalue weighted by molar-refractivity contribution is 5.98. The number of amides is 2. The van der Waals surface area contributed by atoms with Gasteiger partial charge in [0.15, 0.2) is 0 Å². The Bertz CT molecular complexity index is 529. The Morgan fingerprint density at radius 2 is 1.95 bits per heavy atom. The second kappa shape index (κ2) is 5.73. The summed E-state index contributed by atoms with van der Waals surface area (Å²) < 4.78 is 0. The molecule has 0 aromatic heterocycles. The van der Waals surface area contributed by atoms with E-state index in [0.717, 1.165) is 5.56 Å². The molecule has 0 radical (unpaired) electrons. The van der Waals surface area contributed by atoms with E-state index in [1.165, 1.54) is 4.90 Å². The quantitative estimate of drug-likeness (QED) is 0.832. The van der Waals surface area contributed by atoms with E-state index in [9.17, 15) is 14.4 Å². The highest BCUT2D eigenvalue weighted by atomic mass is 16.4. The molecule has 1 aliphatic heterocycles. The normalized spacial score (nSPS) is 22.6. The number of aliphatic carboxylic acids is 1. The van der Waals surface area contributed by atoms with Crippen LogP contribution < -0.4 is 5.32 Å². The van der Waals surface area contributed by atoms with E-state index < -0.39 is 24.5 Å². The first-order valence-corrected chi connectivity index (χ1v) is 6.35. The lowest BCUT2D eigenvalue weighted by molar-refractivity contribution is -0.152. The highest BCUT2D eigenvalue weighted by Crippen LogP contribution is 2.16. The van der Waals surface area contributed by atoms with Gasteiger partial charge >= 0.3 is 5.97 Å². The molecule has 2 amide bonds. The Labute approximate surface area is 116 Å². The summed E-state index contributed by atoms with van der Waals surface area (Å²) in [6.07, 6.45) is -0.400. The fraction of sp³-hybridized carbons (Fsp3) is 0.357. The van der Waals surface area contributed by atoms with Crippen LogP contribution in [-0.4, -0.2) is 39.9 Å². The van der Waals surface area contributed by atoms with Gasteiger partial charge in [0.05, 0.1) is 6.42 Å². The fourth-order valence-corrected chi connectivity index (χ4v) is 2.19. The average Bonchev–Trinajstić information content (AvgIpc) is 2.41. The maximum Gasteiger partial charge on any atom is 0.305 e. The topological polar surface area (TPSA) is 86.7 Å². The molecule has 1 aromatic carbocycles. The summed E-state index contributed by atoms with van der Waals surface area (Å²) in [7, 11) is 0. The zero-order chi connectivity index (χ0) is 14.7. The van der Waals surface area contributed by atoms with Gasteiger partial charge in [-0.1, -0.05) is 30.3 Å². The van der Waals surface area contributed by atoms with Crippen LogP contribution in [0, 0.1) is 0 Å². The van der Waals surface area contributed by atoms with Crippen LogP contribution in [0.3, 0.4) is 0 Å². The number of nitrogens with zero attached hydrogens (tertiary/aromatic N) is 1. The lowest BCUT2D eigenvalue weighted by Crippen LogP contribution is -2.62. The van der Waals surface area contributed by atoms with Crippen molar-refractivity contribution in [3.05, 3.63) is 35.9 Å². The molecule has 2 N–H and O–H groups in total. The Morgan fingerprint density at radius 1 is 1.30 bits per heavy atom. The molecule has 1 aliphatic rings. The van der Waals surface area contributed by atoms with Gasteiger partial charge in [0.1, 0.15) is 12.1 Å². The number of carboxylic acid groups (broad SMARTS) is 1. The van der Waals surface area contributed by atoms with Crippen LogP contribution >= 0.6 is 0 Å². The fourth-order valence-electron chi connectivity index (χ4n) is 2.19. The van der Waals surface area contributed by atoms with Crippen LogP contribution in [0.25, 0.3) is 0 Å².